The Labute approximate surface area is 126 Å². The molecule has 0 aliphatic carbocycles. The molecule has 1 heterocycles. The zero-order valence-electron chi connectivity index (χ0n) is 12.3. The molecule has 1 aromatic rings. The summed E-state index contributed by atoms with van der Waals surface area (Å²) in [4.78, 5) is 3.78. The Kier molecular flexibility index (Phi) is 6.11. The molecule has 0 saturated carbocycles. The van der Waals surface area contributed by atoms with Gasteiger partial charge in [-0.3, -0.25) is 0 Å². The van der Waals surface area contributed by atoms with E-state index in [1.165, 1.54) is 22.5 Å². The van der Waals surface area contributed by atoms with Gasteiger partial charge >= 0.3 is 10.1 Å². The minimum absolute atomic E-state index is 0.217. The third-order valence-electron chi connectivity index (χ3n) is 2.48. The topological polar surface area (TPSA) is 93.6 Å². The van der Waals surface area contributed by atoms with Crippen LogP contribution >= 0.6 is 0 Å². The third kappa shape index (κ3) is 5.25. The average Bonchev–Trinajstić information content (AvgIpc) is 2.36. The highest BCUT2D eigenvalue weighted by atomic mass is 32.2. The Balaban J connectivity index is 3.15. The van der Waals surface area contributed by atoms with Crippen LogP contribution in [-0.2, 0) is 20.1 Å². The number of hydrogen-bond donors (Lipinski definition) is 0. The van der Waals surface area contributed by atoms with Crippen molar-refractivity contribution in [2.75, 3.05) is 19.3 Å². The lowest BCUT2D eigenvalue weighted by molar-refractivity contribution is 0.406. The van der Waals surface area contributed by atoms with Gasteiger partial charge in [0.15, 0.2) is 5.03 Å². The molecule has 1 aromatic heterocycles. The Hall–Kier alpha value is -1.19. The van der Waals surface area contributed by atoms with E-state index in [0.717, 1.165) is 6.26 Å². The first-order valence-corrected chi connectivity index (χ1v) is 9.83. The highest BCUT2D eigenvalue weighted by Crippen LogP contribution is 2.18. The molecule has 0 aliphatic rings. The van der Waals surface area contributed by atoms with E-state index in [0.29, 0.717) is 25.9 Å². The highest BCUT2D eigenvalue weighted by molar-refractivity contribution is 7.89. The lowest BCUT2D eigenvalue weighted by atomic mass is 10.4. The molecular weight excluding hydrogens is 316 g/mol. The van der Waals surface area contributed by atoms with Crippen LogP contribution in [-0.4, -0.2) is 45.5 Å². The highest BCUT2D eigenvalue weighted by Gasteiger charge is 2.25. The Morgan fingerprint density at radius 3 is 2.14 bits per heavy atom. The number of hydrogen-bond acceptors (Lipinski definition) is 6. The molecule has 120 valence electrons. The fraction of sp³-hybridized carbons (Fsp3) is 0.583. The first-order chi connectivity index (χ1) is 9.70. The van der Waals surface area contributed by atoms with Crippen molar-refractivity contribution in [1.82, 2.24) is 9.29 Å². The van der Waals surface area contributed by atoms with E-state index < -0.39 is 20.1 Å². The molecule has 1 rings (SSSR count). The van der Waals surface area contributed by atoms with Crippen molar-refractivity contribution < 1.29 is 21.0 Å². The van der Waals surface area contributed by atoms with Crippen LogP contribution in [0.5, 0.6) is 5.88 Å². The maximum atomic E-state index is 12.5. The molecule has 9 heteroatoms. The van der Waals surface area contributed by atoms with Crippen LogP contribution in [0.2, 0.25) is 0 Å². The number of nitrogens with zero attached hydrogens (tertiary/aromatic N) is 2. The molecule has 0 unspecified atom stereocenters. The maximum Gasteiger partial charge on any atom is 0.307 e. The molecule has 0 spiro atoms. The standard InChI is InChI=1S/C12H20N2O5S2/c1-4-9-14(10-5-2)21(17,18)12-8-6-7-11(13-12)19-20(3,15)16/h6-8H,4-5,9-10H2,1-3H3. The molecule has 0 radical (unpaired) electrons. The molecule has 7 nitrogen and oxygen atoms in total. The summed E-state index contributed by atoms with van der Waals surface area (Å²) in [6.45, 7) is 4.54. The van der Waals surface area contributed by atoms with Gasteiger partial charge in [-0.05, 0) is 18.9 Å². The van der Waals surface area contributed by atoms with E-state index in [2.05, 4.69) is 9.17 Å². The van der Waals surface area contributed by atoms with Crippen LogP contribution in [0.4, 0.5) is 0 Å². The molecule has 0 saturated heterocycles. The van der Waals surface area contributed by atoms with Crippen molar-refractivity contribution in [2.45, 2.75) is 31.7 Å². The van der Waals surface area contributed by atoms with Gasteiger partial charge in [0.05, 0.1) is 6.26 Å². The lowest BCUT2D eigenvalue weighted by Crippen LogP contribution is -2.33. The van der Waals surface area contributed by atoms with Crippen molar-refractivity contribution in [3.63, 3.8) is 0 Å². The molecule has 0 amide bonds. The van der Waals surface area contributed by atoms with Crippen LogP contribution in [0.3, 0.4) is 0 Å². The first kappa shape index (κ1) is 17.9. The predicted molar refractivity (Wildman–Crippen MR) is 79.0 cm³/mol. The average molecular weight is 336 g/mol. The largest absolute Gasteiger partial charge is 0.362 e. The van der Waals surface area contributed by atoms with Crippen molar-refractivity contribution in [2.24, 2.45) is 0 Å². The number of pyridine rings is 1. The monoisotopic (exact) mass is 336 g/mol. The normalized spacial score (nSPS) is 12.6. The molecule has 0 aromatic carbocycles. The molecule has 0 fully saturated rings. The van der Waals surface area contributed by atoms with Gasteiger partial charge in [-0.1, -0.05) is 19.9 Å². The van der Waals surface area contributed by atoms with Gasteiger partial charge < -0.3 is 4.18 Å². The Bertz CT molecular complexity index is 665. The second-order valence-electron chi connectivity index (χ2n) is 4.51. The predicted octanol–water partition coefficient (Wildman–Crippen LogP) is 1.23. The maximum absolute atomic E-state index is 12.5. The van der Waals surface area contributed by atoms with Gasteiger partial charge in [0.2, 0.25) is 5.88 Å². The van der Waals surface area contributed by atoms with E-state index in [4.69, 9.17) is 0 Å². The number of aromatic nitrogens is 1. The van der Waals surface area contributed by atoms with E-state index in [1.807, 2.05) is 13.8 Å². The summed E-state index contributed by atoms with van der Waals surface area (Å²) < 4.78 is 53.1. The third-order valence-corrected chi connectivity index (χ3v) is 4.76. The van der Waals surface area contributed by atoms with Gasteiger partial charge in [-0.15, -0.1) is 0 Å². The van der Waals surface area contributed by atoms with Crippen LogP contribution in [0.15, 0.2) is 23.2 Å². The summed E-state index contributed by atoms with van der Waals surface area (Å²) in [6.07, 6.45) is 2.23. The van der Waals surface area contributed by atoms with E-state index >= 15 is 0 Å². The van der Waals surface area contributed by atoms with Gasteiger partial charge in [0.1, 0.15) is 0 Å². The SMILES string of the molecule is CCCN(CCC)S(=O)(=O)c1cccc(OS(C)(=O)=O)n1. The zero-order valence-corrected chi connectivity index (χ0v) is 13.9. The minimum Gasteiger partial charge on any atom is -0.362 e. The summed E-state index contributed by atoms with van der Waals surface area (Å²) in [5.74, 6) is -0.258. The van der Waals surface area contributed by atoms with Gasteiger partial charge in [-0.25, -0.2) is 8.42 Å². The summed E-state index contributed by atoms with van der Waals surface area (Å²) in [6, 6.07) is 4.02. The fourth-order valence-corrected chi connectivity index (χ4v) is 3.69. The smallest absolute Gasteiger partial charge is 0.307 e. The summed E-state index contributed by atoms with van der Waals surface area (Å²) in [7, 11) is -7.51. The Morgan fingerprint density at radius 2 is 1.67 bits per heavy atom. The lowest BCUT2D eigenvalue weighted by Gasteiger charge is -2.20. The quantitative estimate of drug-likeness (QED) is 0.663. The molecular formula is C12H20N2O5S2. The second kappa shape index (κ2) is 7.19. The van der Waals surface area contributed by atoms with E-state index in [-0.39, 0.29) is 10.9 Å². The summed E-state index contributed by atoms with van der Waals surface area (Å²) in [5, 5.41) is -0.217. The number of rotatable bonds is 8. The second-order valence-corrected chi connectivity index (χ2v) is 7.97. The van der Waals surface area contributed by atoms with Crippen molar-refractivity contribution in [3.8, 4) is 5.88 Å². The van der Waals surface area contributed by atoms with E-state index in [1.54, 1.807) is 0 Å². The molecule has 21 heavy (non-hydrogen) atoms. The van der Waals surface area contributed by atoms with Crippen LogP contribution < -0.4 is 4.18 Å². The van der Waals surface area contributed by atoms with Crippen LogP contribution in [0.25, 0.3) is 0 Å². The first-order valence-electron chi connectivity index (χ1n) is 6.57. The van der Waals surface area contributed by atoms with Gasteiger partial charge in [-0.2, -0.15) is 17.7 Å². The Morgan fingerprint density at radius 1 is 1.10 bits per heavy atom. The molecule has 0 aliphatic heterocycles. The molecule has 0 bridgehead atoms. The minimum atomic E-state index is -3.76. The molecule has 0 atom stereocenters. The van der Waals surface area contributed by atoms with Crippen molar-refractivity contribution >= 4 is 20.1 Å². The molecule has 0 N–H and O–H groups in total. The summed E-state index contributed by atoms with van der Waals surface area (Å²) in [5.41, 5.74) is 0. The van der Waals surface area contributed by atoms with Crippen molar-refractivity contribution in [3.05, 3.63) is 18.2 Å². The van der Waals surface area contributed by atoms with E-state index in [9.17, 15) is 16.8 Å². The zero-order chi connectivity index (χ0) is 16.1. The van der Waals surface area contributed by atoms with Crippen LogP contribution in [0.1, 0.15) is 26.7 Å². The van der Waals surface area contributed by atoms with Gasteiger partial charge in [0, 0.05) is 19.2 Å². The van der Waals surface area contributed by atoms with Gasteiger partial charge in [0.25, 0.3) is 10.0 Å². The number of sulfonamides is 1. The van der Waals surface area contributed by atoms with Crippen LogP contribution in [0, 0.1) is 0 Å². The summed E-state index contributed by atoms with van der Waals surface area (Å²) >= 11 is 0. The van der Waals surface area contributed by atoms with Crippen molar-refractivity contribution in [1.29, 1.82) is 0 Å². The fourth-order valence-electron chi connectivity index (χ4n) is 1.72.